The number of rotatable bonds is 4. The first-order valence-electron chi connectivity index (χ1n) is 7.34. The van der Waals surface area contributed by atoms with Crippen molar-refractivity contribution in [1.29, 1.82) is 0 Å². The third-order valence-electron chi connectivity index (χ3n) is 3.49. The maximum atomic E-state index is 12.5. The molecule has 1 saturated heterocycles. The Morgan fingerprint density at radius 3 is 2.58 bits per heavy atom. The normalized spacial score (nSPS) is 19.3. The quantitative estimate of drug-likeness (QED) is 0.279. The molecular formula is C13H18F6IN5S. The number of hydrogen-bond acceptors (Lipinski definition) is 4. The first-order chi connectivity index (χ1) is 11.6. The second-order valence-electron chi connectivity index (χ2n) is 5.53. The minimum Gasteiger partial charge on any atom is -0.352 e. The fourth-order valence-corrected chi connectivity index (χ4v) is 3.16. The van der Waals surface area contributed by atoms with E-state index in [0.717, 1.165) is 16.7 Å². The van der Waals surface area contributed by atoms with E-state index in [1.165, 1.54) is 11.9 Å². The molecule has 0 radical (unpaired) electrons. The molecule has 1 aliphatic heterocycles. The highest BCUT2D eigenvalue weighted by Gasteiger charge is 2.35. The van der Waals surface area contributed by atoms with Crippen LogP contribution in [0, 0.1) is 0 Å². The van der Waals surface area contributed by atoms with Crippen molar-refractivity contribution in [3.8, 4) is 0 Å². The van der Waals surface area contributed by atoms with Gasteiger partial charge in [-0.2, -0.15) is 26.3 Å². The zero-order valence-corrected chi connectivity index (χ0v) is 16.8. The maximum Gasteiger partial charge on any atom is 0.434 e. The molecule has 13 heteroatoms. The standard InChI is InChI=1S/C13H17F6N5S.HI/c1-20-11(21-4-10-23-9(6-25-10)13(17,18)19)22-8-2-3-24(5-8)7-12(14,15)16;/h6,8H,2-5,7H2,1H3,(H2,20,21,22);1H. The van der Waals surface area contributed by atoms with Gasteiger partial charge in [0, 0.05) is 31.6 Å². The molecular weight excluding hydrogens is 499 g/mol. The van der Waals surface area contributed by atoms with Crippen LogP contribution in [-0.4, -0.2) is 54.7 Å². The van der Waals surface area contributed by atoms with Crippen LogP contribution in [0.1, 0.15) is 17.1 Å². The lowest BCUT2D eigenvalue weighted by Crippen LogP contribution is -2.44. The van der Waals surface area contributed by atoms with Gasteiger partial charge in [0.25, 0.3) is 0 Å². The van der Waals surface area contributed by atoms with E-state index in [-0.39, 0.29) is 48.1 Å². The number of aliphatic imine (C=N–C) groups is 1. The highest BCUT2D eigenvalue weighted by atomic mass is 127. The summed E-state index contributed by atoms with van der Waals surface area (Å²) in [5, 5.41) is 6.96. The number of hydrogen-bond donors (Lipinski definition) is 2. The van der Waals surface area contributed by atoms with Gasteiger partial charge in [0.15, 0.2) is 11.7 Å². The van der Waals surface area contributed by atoms with Crippen LogP contribution in [0.3, 0.4) is 0 Å². The molecule has 2 N–H and O–H groups in total. The van der Waals surface area contributed by atoms with E-state index in [9.17, 15) is 26.3 Å². The summed E-state index contributed by atoms with van der Waals surface area (Å²) in [7, 11) is 1.47. The number of nitrogens with zero attached hydrogens (tertiary/aromatic N) is 3. The Hall–Kier alpha value is -0.830. The van der Waals surface area contributed by atoms with E-state index in [1.54, 1.807) is 0 Å². The second-order valence-corrected chi connectivity index (χ2v) is 6.47. The van der Waals surface area contributed by atoms with Crippen molar-refractivity contribution in [2.24, 2.45) is 4.99 Å². The minimum absolute atomic E-state index is 0. The molecule has 0 saturated carbocycles. The van der Waals surface area contributed by atoms with E-state index in [1.807, 2.05) is 0 Å². The molecule has 0 aliphatic carbocycles. The fourth-order valence-electron chi connectivity index (χ4n) is 2.42. The van der Waals surface area contributed by atoms with Crippen molar-refractivity contribution in [2.75, 3.05) is 26.7 Å². The van der Waals surface area contributed by atoms with Crippen LogP contribution in [0.4, 0.5) is 26.3 Å². The lowest BCUT2D eigenvalue weighted by Gasteiger charge is -2.19. The molecule has 0 aromatic carbocycles. The summed E-state index contributed by atoms with van der Waals surface area (Å²) in [6.07, 6.45) is -8.21. The second kappa shape index (κ2) is 9.39. The number of alkyl halides is 6. The largest absolute Gasteiger partial charge is 0.434 e. The molecule has 0 spiro atoms. The van der Waals surface area contributed by atoms with Crippen LogP contribution in [0.2, 0.25) is 0 Å². The van der Waals surface area contributed by atoms with Crippen molar-refractivity contribution in [1.82, 2.24) is 20.5 Å². The highest BCUT2D eigenvalue weighted by molar-refractivity contribution is 14.0. The summed E-state index contributed by atoms with van der Waals surface area (Å²) in [6.45, 7) is -0.388. The summed E-state index contributed by atoms with van der Waals surface area (Å²) >= 11 is 0.869. The van der Waals surface area contributed by atoms with E-state index < -0.39 is 24.6 Å². The van der Waals surface area contributed by atoms with Gasteiger partial charge < -0.3 is 10.6 Å². The predicted molar refractivity (Wildman–Crippen MR) is 96.8 cm³/mol. The molecule has 1 fully saturated rings. The van der Waals surface area contributed by atoms with Crippen LogP contribution in [0.15, 0.2) is 10.4 Å². The minimum atomic E-state index is -4.49. The molecule has 1 atom stereocenters. The van der Waals surface area contributed by atoms with E-state index >= 15 is 0 Å². The fraction of sp³-hybridized carbons (Fsp3) is 0.692. The monoisotopic (exact) mass is 517 g/mol. The van der Waals surface area contributed by atoms with Gasteiger partial charge in [-0.15, -0.1) is 35.3 Å². The molecule has 1 aliphatic rings. The van der Waals surface area contributed by atoms with Gasteiger partial charge in [-0.1, -0.05) is 0 Å². The molecule has 2 heterocycles. The lowest BCUT2D eigenvalue weighted by molar-refractivity contribution is -0.143. The predicted octanol–water partition coefficient (Wildman–Crippen LogP) is 3.08. The molecule has 150 valence electrons. The molecule has 1 aromatic rings. The Bertz CT molecular complexity index is 603. The summed E-state index contributed by atoms with van der Waals surface area (Å²) in [6, 6.07) is -0.212. The molecule has 0 amide bonds. The zero-order valence-electron chi connectivity index (χ0n) is 13.6. The van der Waals surface area contributed by atoms with Gasteiger partial charge in [0.05, 0.1) is 13.1 Å². The Morgan fingerprint density at radius 2 is 2.04 bits per heavy atom. The van der Waals surface area contributed by atoms with Crippen LogP contribution < -0.4 is 10.6 Å². The Kier molecular flexibility index (Phi) is 8.38. The van der Waals surface area contributed by atoms with E-state index in [0.29, 0.717) is 18.9 Å². The highest BCUT2D eigenvalue weighted by Crippen LogP contribution is 2.29. The Labute approximate surface area is 167 Å². The third-order valence-corrected chi connectivity index (χ3v) is 4.34. The van der Waals surface area contributed by atoms with Crippen molar-refractivity contribution in [3.63, 3.8) is 0 Å². The summed E-state index contributed by atoms with van der Waals surface area (Å²) in [5.41, 5.74) is -0.948. The number of likely N-dealkylation sites (tertiary alicyclic amines) is 1. The smallest absolute Gasteiger partial charge is 0.352 e. The van der Waals surface area contributed by atoms with Gasteiger partial charge >= 0.3 is 12.4 Å². The SMILES string of the molecule is CN=C(NCc1nc(C(F)(F)F)cs1)NC1CCN(CC(F)(F)F)C1.I. The first kappa shape index (κ1) is 23.2. The van der Waals surface area contributed by atoms with Crippen molar-refractivity contribution >= 4 is 41.3 Å². The zero-order chi connectivity index (χ0) is 18.7. The van der Waals surface area contributed by atoms with Gasteiger partial charge in [0.2, 0.25) is 0 Å². The number of nitrogens with one attached hydrogen (secondary N) is 2. The topological polar surface area (TPSA) is 52.6 Å². The van der Waals surface area contributed by atoms with Crippen molar-refractivity contribution < 1.29 is 26.3 Å². The Balaban J connectivity index is 0.00000338. The molecule has 0 bridgehead atoms. The summed E-state index contributed by atoms with van der Waals surface area (Å²) in [5.74, 6) is 0.308. The van der Waals surface area contributed by atoms with Crippen LogP contribution in [-0.2, 0) is 12.7 Å². The lowest BCUT2D eigenvalue weighted by atomic mass is 10.3. The summed E-state index contributed by atoms with van der Waals surface area (Å²) < 4.78 is 74.6. The van der Waals surface area contributed by atoms with Crippen LogP contribution in [0.5, 0.6) is 0 Å². The number of guanidine groups is 1. The average Bonchev–Trinajstić information content (AvgIpc) is 3.10. The van der Waals surface area contributed by atoms with Gasteiger partial charge in [-0.25, -0.2) is 4.98 Å². The average molecular weight is 517 g/mol. The third kappa shape index (κ3) is 7.42. The molecule has 26 heavy (non-hydrogen) atoms. The first-order valence-corrected chi connectivity index (χ1v) is 8.22. The number of halogens is 7. The van der Waals surface area contributed by atoms with Gasteiger partial charge in [0.1, 0.15) is 5.01 Å². The van der Waals surface area contributed by atoms with E-state index in [4.69, 9.17) is 0 Å². The Morgan fingerprint density at radius 1 is 1.35 bits per heavy atom. The van der Waals surface area contributed by atoms with Gasteiger partial charge in [-0.05, 0) is 6.42 Å². The van der Waals surface area contributed by atoms with Crippen LogP contribution >= 0.6 is 35.3 Å². The van der Waals surface area contributed by atoms with E-state index in [2.05, 4.69) is 20.6 Å². The molecule has 1 unspecified atom stereocenters. The van der Waals surface area contributed by atoms with Crippen molar-refractivity contribution in [3.05, 3.63) is 16.1 Å². The molecule has 1 aromatic heterocycles. The summed E-state index contributed by atoms with van der Waals surface area (Å²) in [4.78, 5) is 8.71. The van der Waals surface area contributed by atoms with Crippen LogP contribution in [0.25, 0.3) is 0 Å². The molecule has 2 rings (SSSR count). The molecule has 5 nitrogen and oxygen atoms in total. The van der Waals surface area contributed by atoms with Gasteiger partial charge in [-0.3, -0.25) is 9.89 Å². The van der Waals surface area contributed by atoms with Crippen molar-refractivity contribution in [2.45, 2.75) is 31.4 Å². The number of aromatic nitrogens is 1. The maximum absolute atomic E-state index is 12.5. The number of thiazole rings is 1.